The number of hydrogen-bond acceptors (Lipinski definition) is 3. The van der Waals surface area contributed by atoms with Crippen LogP contribution in [0.15, 0.2) is 24.5 Å². The number of anilines is 1. The van der Waals surface area contributed by atoms with E-state index >= 15 is 0 Å². The lowest BCUT2D eigenvalue weighted by atomic mass is 10.00. The summed E-state index contributed by atoms with van der Waals surface area (Å²) in [5, 5.41) is 3.32. The van der Waals surface area contributed by atoms with Crippen LogP contribution >= 0.6 is 0 Å². The molecule has 2 unspecified atom stereocenters. The van der Waals surface area contributed by atoms with Gasteiger partial charge in [0.15, 0.2) is 0 Å². The molecule has 0 saturated carbocycles. The molecule has 1 saturated heterocycles. The topological polar surface area (TPSA) is 45.2 Å². The Kier molecular flexibility index (Phi) is 3.74. The summed E-state index contributed by atoms with van der Waals surface area (Å²) in [7, 11) is 0. The molecule has 1 N–H and O–H groups in total. The van der Waals surface area contributed by atoms with Gasteiger partial charge in [-0.25, -0.2) is 0 Å². The van der Waals surface area contributed by atoms with Gasteiger partial charge in [0.1, 0.15) is 0 Å². The van der Waals surface area contributed by atoms with E-state index in [1.165, 1.54) is 0 Å². The van der Waals surface area contributed by atoms with E-state index in [1.807, 2.05) is 24.0 Å². The second-order valence-electron chi connectivity index (χ2n) is 4.43. The number of nitrogens with one attached hydrogen (secondary N) is 1. The van der Waals surface area contributed by atoms with Crippen molar-refractivity contribution in [3.63, 3.8) is 0 Å². The highest BCUT2D eigenvalue weighted by Crippen LogP contribution is 2.22. The van der Waals surface area contributed by atoms with Crippen molar-refractivity contribution in [2.45, 2.75) is 26.3 Å². The predicted molar refractivity (Wildman–Crippen MR) is 67.8 cm³/mol. The number of nitrogens with zero attached hydrogens (tertiary/aromatic N) is 2. The fourth-order valence-electron chi connectivity index (χ4n) is 2.39. The van der Waals surface area contributed by atoms with Crippen molar-refractivity contribution < 1.29 is 4.79 Å². The molecule has 1 aromatic heterocycles. The normalized spacial score (nSPS) is 23.6. The Morgan fingerprint density at radius 2 is 2.24 bits per heavy atom. The summed E-state index contributed by atoms with van der Waals surface area (Å²) in [5.41, 5.74) is 0.937. The summed E-state index contributed by atoms with van der Waals surface area (Å²) >= 11 is 0. The number of hydrogen-bond donors (Lipinski definition) is 1. The maximum atomic E-state index is 12.5. The zero-order chi connectivity index (χ0) is 12.3. The number of aromatic nitrogens is 1. The third kappa shape index (κ3) is 2.47. The maximum absolute atomic E-state index is 12.5. The van der Waals surface area contributed by atoms with Crippen molar-refractivity contribution in [3.8, 4) is 0 Å². The van der Waals surface area contributed by atoms with Gasteiger partial charge in [-0.2, -0.15) is 0 Å². The Balaban J connectivity index is 2.16. The first-order valence-electron chi connectivity index (χ1n) is 6.18. The standard InChI is InChI=1S/C13H19N3O/c1-3-16(11-4-7-14-8-5-11)13(17)12-6-9-15-10(12)2/h4-5,7-8,10,12,15H,3,6,9H2,1-2H3. The van der Waals surface area contributed by atoms with E-state index in [1.54, 1.807) is 12.4 Å². The Morgan fingerprint density at radius 1 is 1.53 bits per heavy atom. The van der Waals surface area contributed by atoms with Crippen LogP contribution in [0.1, 0.15) is 20.3 Å². The molecule has 0 radical (unpaired) electrons. The maximum Gasteiger partial charge on any atom is 0.231 e. The quantitative estimate of drug-likeness (QED) is 0.859. The van der Waals surface area contributed by atoms with Gasteiger partial charge in [-0.3, -0.25) is 9.78 Å². The van der Waals surface area contributed by atoms with Crippen LogP contribution in [0.4, 0.5) is 5.69 Å². The van der Waals surface area contributed by atoms with E-state index < -0.39 is 0 Å². The summed E-state index contributed by atoms with van der Waals surface area (Å²) in [6, 6.07) is 4.04. The van der Waals surface area contributed by atoms with Crippen molar-refractivity contribution in [3.05, 3.63) is 24.5 Å². The molecular weight excluding hydrogens is 214 g/mol. The number of carbonyl (C=O) groups is 1. The van der Waals surface area contributed by atoms with E-state index in [4.69, 9.17) is 0 Å². The molecule has 1 amide bonds. The molecule has 1 aromatic rings. The average Bonchev–Trinajstić information content (AvgIpc) is 2.77. The molecule has 1 fully saturated rings. The third-order valence-electron chi connectivity index (χ3n) is 3.40. The number of pyridine rings is 1. The van der Waals surface area contributed by atoms with Crippen molar-refractivity contribution in [2.24, 2.45) is 5.92 Å². The Hall–Kier alpha value is -1.42. The molecule has 0 aliphatic carbocycles. The van der Waals surface area contributed by atoms with E-state index in [-0.39, 0.29) is 17.9 Å². The third-order valence-corrected chi connectivity index (χ3v) is 3.40. The van der Waals surface area contributed by atoms with Crippen LogP contribution in [-0.4, -0.2) is 30.0 Å². The van der Waals surface area contributed by atoms with Gasteiger partial charge in [-0.1, -0.05) is 0 Å². The van der Waals surface area contributed by atoms with Crippen LogP contribution in [0.25, 0.3) is 0 Å². The van der Waals surface area contributed by atoms with Gasteiger partial charge < -0.3 is 10.2 Å². The smallest absolute Gasteiger partial charge is 0.231 e. The van der Waals surface area contributed by atoms with Gasteiger partial charge in [0.25, 0.3) is 0 Å². The second kappa shape index (κ2) is 5.27. The van der Waals surface area contributed by atoms with Gasteiger partial charge in [0.05, 0.1) is 5.92 Å². The summed E-state index contributed by atoms with van der Waals surface area (Å²) < 4.78 is 0. The summed E-state index contributed by atoms with van der Waals surface area (Å²) in [5.74, 6) is 0.319. The summed E-state index contributed by atoms with van der Waals surface area (Å²) in [6.07, 6.45) is 4.38. The molecule has 0 spiro atoms. The first-order valence-corrected chi connectivity index (χ1v) is 6.18. The lowest BCUT2D eigenvalue weighted by Crippen LogP contribution is -2.40. The minimum atomic E-state index is 0.100. The molecule has 2 atom stereocenters. The van der Waals surface area contributed by atoms with Crippen molar-refractivity contribution >= 4 is 11.6 Å². The highest BCUT2D eigenvalue weighted by atomic mass is 16.2. The van der Waals surface area contributed by atoms with Crippen LogP contribution in [0, 0.1) is 5.92 Å². The summed E-state index contributed by atoms with van der Waals surface area (Å²) in [6.45, 7) is 5.72. The monoisotopic (exact) mass is 233 g/mol. The van der Waals surface area contributed by atoms with Crippen LogP contribution in [0.2, 0.25) is 0 Å². The fraction of sp³-hybridized carbons (Fsp3) is 0.538. The molecular formula is C13H19N3O. The molecule has 4 heteroatoms. The second-order valence-corrected chi connectivity index (χ2v) is 4.43. The lowest BCUT2D eigenvalue weighted by molar-refractivity contribution is -0.122. The van der Waals surface area contributed by atoms with E-state index in [0.717, 1.165) is 18.7 Å². The van der Waals surface area contributed by atoms with Gasteiger partial charge >= 0.3 is 0 Å². The molecule has 0 bridgehead atoms. The van der Waals surface area contributed by atoms with Crippen LogP contribution < -0.4 is 10.2 Å². The van der Waals surface area contributed by atoms with Crippen LogP contribution in [0.5, 0.6) is 0 Å². The van der Waals surface area contributed by atoms with Gasteiger partial charge in [0.2, 0.25) is 5.91 Å². The predicted octanol–water partition coefficient (Wildman–Crippen LogP) is 1.43. The minimum absolute atomic E-state index is 0.100. The van der Waals surface area contributed by atoms with E-state index in [9.17, 15) is 4.79 Å². The van der Waals surface area contributed by atoms with Crippen LogP contribution in [0.3, 0.4) is 0 Å². The van der Waals surface area contributed by atoms with Gasteiger partial charge in [0, 0.05) is 30.7 Å². The zero-order valence-corrected chi connectivity index (χ0v) is 10.4. The molecule has 1 aliphatic heterocycles. The molecule has 92 valence electrons. The van der Waals surface area contributed by atoms with Gasteiger partial charge in [-0.15, -0.1) is 0 Å². The van der Waals surface area contributed by atoms with E-state index in [0.29, 0.717) is 6.54 Å². The highest BCUT2D eigenvalue weighted by molar-refractivity contribution is 5.95. The number of amides is 1. The number of rotatable bonds is 3. The fourth-order valence-corrected chi connectivity index (χ4v) is 2.39. The Labute approximate surface area is 102 Å². The van der Waals surface area contributed by atoms with Crippen LogP contribution in [-0.2, 0) is 4.79 Å². The Morgan fingerprint density at radius 3 is 2.76 bits per heavy atom. The van der Waals surface area contributed by atoms with Crippen molar-refractivity contribution in [2.75, 3.05) is 18.0 Å². The molecule has 17 heavy (non-hydrogen) atoms. The molecule has 2 heterocycles. The summed E-state index contributed by atoms with van der Waals surface area (Å²) in [4.78, 5) is 18.3. The highest BCUT2D eigenvalue weighted by Gasteiger charge is 2.32. The molecule has 1 aliphatic rings. The SMILES string of the molecule is CCN(C(=O)C1CCNC1C)c1ccncc1. The first kappa shape index (κ1) is 12.0. The van der Waals surface area contributed by atoms with Crippen molar-refractivity contribution in [1.82, 2.24) is 10.3 Å². The average molecular weight is 233 g/mol. The lowest BCUT2D eigenvalue weighted by Gasteiger charge is -2.25. The van der Waals surface area contributed by atoms with E-state index in [2.05, 4.69) is 17.2 Å². The minimum Gasteiger partial charge on any atom is -0.313 e. The first-order chi connectivity index (χ1) is 8.24. The van der Waals surface area contributed by atoms with Crippen molar-refractivity contribution in [1.29, 1.82) is 0 Å². The molecule has 4 nitrogen and oxygen atoms in total. The zero-order valence-electron chi connectivity index (χ0n) is 10.4. The molecule has 0 aromatic carbocycles. The van der Waals surface area contributed by atoms with Gasteiger partial charge in [-0.05, 0) is 38.9 Å². The number of carbonyl (C=O) groups excluding carboxylic acids is 1. The molecule has 2 rings (SSSR count). The Bertz CT molecular complexity index is 380. The largest absolute Gasteiger partial charge is 0.313 e.